The van der Waals surface area contributed by atoms with Crippen LogP contribution in [0.2, 0.25) is 5.02 Å². The number of hydrogen-bond acceptors (Lipinski definition) is 4. The number of carbonyl (C=O) groups excluding carboxylic acids is 1. The highest BCUT2D eigenvalue weighted by atomic mass is 35.5. The van der Waals surface area contributed by atoms with Crippen LogP contribution >= 0.6 is 11.6 Å². The van der Waals surface area contributed by atoms with Crippen molar-refractivity contribution in [3.8, 4) is 17.1 Å². The Morgan fingerprint density at radius 3 is 2.75 bits per heavy atom. The van der Waals surface area contributed by atoms with Crippen LogP contribution in [0.4, 0.5) is 0 Å². The van der Waals surface area contributed by atoms with Gasteiger partial charge in [0.1, 0.15) is 0 Å². The Bertz CT molecular complexity index is 984. The van der Waals surface area contributed by atoms with E-state index in [0.29, 0.717) is 24.0 Å². The molecule has 0 saturated heterocycles. The van der Waals surface area contributed by atoms with E-state index in [1.807, 2.05) is 44.2 Å². The number of amides is 1. The van der Waals surface area contributed by atoms with Crippen molar-refractivity contribution in [1.82, 2.24) is 20.1 Å². The molecule has 0 fully saturated rings. The minimum Gasteiger partial charge on any atom is -0.385 e. The Morgan fingerprint density at radius 2 is 2.04 bits per heavy atom. The van der Waals surface area contributed by atoms with Crippen LogP contribution in [0.1, 0.15) is 28.2 Å². The molecule has 28 heavy (non-hydrogen) atoms. The van der Waals surface area contributed by atoms with Gasteiger partial charge in [0.15, 0.2) is 5.82 Å². The molecule has 2 aromatic carbocycles. The zero-order valence-corrected chi connectivity index (χ0v) is 17.0. The zero-order valence-electron chi connectivity index (χ0n) is 16.2. The van der Waals surface area contributed by atoms with Gasteiger partial charge in [0, 0.05) is 30.8 Å². The minimum absolute atomic E-state index is 0.118. The predicted octanol–water partition coefficient (Wildman–Crippen LogP) is 3.97. The van der Waals surface area contributed by atoms with E-state index in [-0.39, 0.29) is 11.7 Å². The lowest BCUT2D eigenvalue weighted by molar-refractivity contribution is 0.0938. The lowest BCUT2D eigenvalue weighted by atomic mass is 10.1. The molecule has 7 heteroatoms. The van der Waals surface area contributed by atoms with Gasteiger partial charge in [-0.2, -0.15) is 0 Å². The second-order valence-corrected chi connectivity index (χ2v) is 7.01. The van der Waals surface area contributed by atoms with Crippen LogP contribution < -0.4 is 5.32 Å². The number of ether oxygens (including phenoxy) is 1. The topological polar surface area (TPSA) is 69.0 Å². The average molecular weight is 399 g/mol. The lowest BCUT2D eigenvalue weighted by Crippen LogP contribution is -2.26. The molecule has 0 radical (unpaired) electrons. The fourth-order valence-electron chi connectivity index (χ4n) is 2.93. The summed E-state index contributed by atoms with van der Waals surface area (Å²) in [6.45, 7) is 5.13. The monoisotopic (exact) mass is 398 g/mol. The molecule has 0 aliphatic heterocycles. The summed E-state index contributed by atoms with van der Waals surface area (Å²) in [5, 5.41) is 7.92. The van der Waals surface area contributed by atoms with Gasteiger partial charge in [0.25, 0.3) is 5.91 Å². The summed E-state index contributed by atoms with van der Waals surface area (Å²) in [5.74, 6) is 0.367. The van der Waals surface area contributed by atoms with Crippen LogP contribution in [-0.4, -0.2) is 40.9 Å². The maximum Gasteiger partial charge on any atom is 0.290 e. The normalized spacial score (nSPS) is 10.9. The molecule has 0 unspecified atom stereocenters. The van der Waals surface area contributed by atoms with Gasteiger partial charge < -0.3 is 10.1 Å². The van der Waals surface area contributed by atoms with Crippen molar-refractivity contribution in [2.45, 2.75) is 20.3 Å². The van der Waals surface area contributed by atoms with Crippen LogP contribution in [0.25, 0.3) is 17.1 Å². The third kappa shape index (κ3) is 4.58. The highest BCUT2D eigenvalue weighted by Gasteiger charge is 2.19. The third-order valence-electron chi connectivity index (χ3n) is 4.28. The van der Waals surface area contributed by atoms with Gasteiger partial charge in [-0.15, -0.1) is 5.10 Å². The number of halogens is 1. The maximum atomic E-state index is 12.5. The molecule has 1 aromatic heterocycles. The van der Waals surface area contributed by atoms with Gasteiger partial charge in [0.05, 0.1) is 5.69 Å². The summed E-state index contributed by atoms with van der Waals surface area (Å²) in [6, 6.07) is 13.4. The van der Waals surface area contributed by atoms with Crippen LogP contribution in [0.3, 0.4) is 0 Å². The standard InChI is InChI=1S/C21H23ClN4O2/c1-14-8-9-18(15(2)12-14)26-20(16-6-4-7-17(22)13-16)24-19(25-26)21(27)23-10-5-11-28-3/h4,6-9,12-13H,5,10-11H2,1-3H3,(H,23,27). The lowest BCUT2D eigenvalue weighted by Gasteiger charge is -2.10. The summed E-state index contributed by atoms with van der Waals surface area (Å²) < 4.78 is 6.70. The first-order valence-corrected chi connectivity index (χ1v) is 9.45. The number of aromatic nitrogens is 3. The van der Waals surface area contributed by atoms with E-state index in [0.717, 1.165) is 28.8 Å². The first kappa shape index (κ1) is 20.0. The second kappa shape index (κ2) is 8.99. The number of rotatable bonds is 7. The number of benzene rings is 2. The first-order chi connectivity index (χ1) is 13.5. The van der Waals surface area contributed by atoms with Crippen molar-refractivity contribution in [2.75, 3.05) is 20.3 Å². The quantitative estimate of drug-likeness (QED) is 0.611. The SMILES string of the molecule is COCCCNC(=O)c1nc(-c2cccc(Cl)c2)n(-c2ccc(C)cc2C)n1. The molecule has 6 nitrogen and oxygen atoms in total. The van der Waals surface area contributed by atoms with E-state index < -0.39 is 0 Å². The average Bonchev–Trinajstić information content (AvgIpc) is 3.10. The van der Waals surface area contributed by atoms with Crippen molar-refractivity contribution >= 4 is 17.5 Å². The van der Waals surface area contributed by atoms with Crippen molar-refractivity contribution in [1.29, 1.82) is 0 Å². The van der Waals surface area contributed by atoms with E-state index >= 15 is 0 Å². The van der Waals surface area contributed by atoms with Gasteiger partial charge >= 0.3 is 0 Å². The van der Waals surface area contributed by atoms with Gasteiger partial charge in [-0.25, -0.2) is 9.67 Å². The summed E-state index contributed by atoms with van der Waals surface area (Å²) in [7, 11) is 1.63. The van der Waals surface area contributed by atoms with Crippen LogP contribution in [0.15, 0.2) is 42.5 Å². The van der Waals surface area contributed by atoms with Crippen molar-refractivity contribution in [3.63, 3.8) is 0 Å². The predicted molar refractivity (Wildman–Crippen MR) is 110 cm³/mol. The summed E-state index contributed by atoms with van der Waals surface area (Å²) in [4.78, 5) is 17.0. The smallest absolute Gasteiger partial charge is 0.290 e. The second-order valence-electron chi connectivity index (χ2n) is 6.57. The molecule has 1 heterocycles. The van der Waals surface area contributed by atoms with Gasteiger partial charge in [0.2, 0.25) is 5.82 Å². The van der Waals surface area contributed by atoms with Gasteiger partial charge in [-0.1, -0.05) is 41.4 Å². The highest BCUT2D eigenvalue weighted by molar-refractivity contribution is 6.30. The Morgan fingerprint density at radius 1 is 1.21 bits per heavy atom. The minimum atomic E-state index is -0.317. The van der Waals surface area contributed by atoms with E-state index in [1.165, 1.54) is 0 Å². The van der Waals surface area contributed by atoms with Crippen molar-refractivity contribution in [3.05, 3.63) is 64.4 Å². The Balaban J connectivity index is 2.01. The third-order valence-corrected chi connectivity index (χ3v) is 4.52. The molecule has 0 atom stereocenters. The first-order valence-electron chi connectivity index (χ1n) is 9.07. The van der Waals surface area contributed by atoms with Crippen molar-refractivity contribution in [2.24, 2.45) is 0 Å². The largest absolute Gasteiger partial charge is 0.385 e. The number of methoxy groups -OCH3 is 1. The van der Waals surface area contributed by atoms with Crippen LogP contribution in [0, 0.1) is 13.8 Å². The van der Waals surface area contributed by atoms with E-state index in [4.69, 9.17) is 16.3 Å². The fourth-order valence-corrected chi connectivity index (χ4v) is 3.12. The Labute approximate surface area is 169 Å². The molecule has 0 aliphatic carbocycles. The van der Waals surface area contributed by atoms with Crippen LogP contribution in [-0.2, 0) is 4.74 Å². The Kier molecular flexibility index (Phi) is 6.44. The number of hydrogen-bond donors (Lipinski definition) is 1. The summed E-state index contributed by atoms with van der Waals surface area (Å²) >= 11 is 6.16. The fraction of sp³-hybridized carbons (Fsp3) is 0.286. The molecule has 3 aromatic rings. The number of aryl methyl sites for hydroxylation is 2. The number of nitrogens with zero attached hydrogens (tertiary/aromatic N) is 3. The number of nitrogens with one attached hydrogen (secondary N) is 1. The molecule has 3 rings (SSSR count). The Hall–Kier alpha value is -2.70. The summed E-state index contributed by atoms with van der Waals surface area (Å²) in [6.07, 6.45) is 0.723. The molecular formula is C21H23ClN4O2. The van der Waals surface area contributed by atoms with Crippen molar-refractivity contribution < 1.29 is 9.53 Å². The molecular weight excluding hydrogens is 376 g/mol. The molecule has 0 aliphatic rings. The van der Waals surface area contributed by atoms with E-state index in [9.17, 15) is 4.79 Å². The molecule has 146 valence electrons. The van der Waals surface area contributed by atoms with E-state index in [2.05, 4.69) is 21.5 Å². The summed E-state index contributed by atoms with van der Waals surface area (Å²) in [5.41, 5.74) is 3.85. The highest BCUT2D eigenvalue weighted by Crippen LogP contribution is 2.25. The maximum absolute atomic E-state index is 12.5. The molecule has 0 bridgehead atoms. The molecule has 1 amide bonds. The van der Waals surface area contributed by atoms with Gasteiger partial charge in [-0.05, 0) is 44.0 Å². The zero-order chi connectivity index (χ0) is 20.1. The van der Waals surface area contributed by atoms with Crippen LogP contribution in [0.5, 0.6) is 0 Å². The number of carbonyl (C=O) groups is 1. The molecule has 1 N–H and O–H groups in total. The van der Waals surface area contributed by atoms with Gasteiger partial charge in [-0.3, -0.25) is 4.79 Å². The molecule has 0 saturated carbocycles. The van der Waals surface area contributed by atoms with E-state index in [1.54, 1.807) is 17.9 Å². The molecule has 0 spiro atoms.